The molecule has 2 rings (SSSR count). The molecule has 0 spiro atoms. The minimum Gasteiger partial charge on any atom is -0.316 e. The maximum atomic E-state index is 13.7. The second-order valence-electron chi connectivity index (χ2n) is 4.62. The van der Waals surface area contributed by atoms with Crippen molar-refractivity contribution < 1.29 is 4.39 Å². The van der Waals surface area contributed by atoms with Gasteiger partial charge < -0.3 is 5.32 Å². The van der Waals surface area contributed by atoms with Gasteiger partial charge in [-0.3, -0.25) is 0 Å². The van der Waals surface area contributed by atoms with Crippen molar-refractivity contribution in [2.24, 2.45) is 0 Å². The molecule has 0 aliphatic heterocycles. The summed E-state index contributed by atoms with van der Waals surface area (Å²) in [6.45, 7) is 4.93. The Morgan fingerprint density at radius 1 is 1.30 bits per heavy atom. The van der Waals surface area contributed by atoms with Crippen molar-refractivity contribution in [1.29, 1.82) is 0 Å². The number of hydrogen-bond donors (Lipinski definition) is 1. The average Bonchev–Trinajstić information content (AvgIpc) is 2.80. The average molecular weight is 296 g/mol. The van der Waals surface area contributed by atoms with Crippen molar-refractivity contribution in [3.05, 3.63) is 46.0 Å². The molecule has 0 aliphatic rings. The lowest BCUT2D eigenvalue weighted by molar-refractivity contribution is 0.625. The van der Waals surface area contributed by atoms with E-state index in [2.05, 4.69) is 24.3 Å². The molecule has 1 heterocycles. The third-order valence-corrected chi connectivity index (χ3v) is 3.65. The van der Waals surface area contributed by atoms with Crippen LogP contribution in [0.25, 0.3) is 5.69 Å². The molecule has 0 amide bonds. The van der Waals surface area contributed by atoms with Gasteiger partial charge >= 0.3 is 0 Å². The summed E-state index contributed by atoms with van der Waals surface area (Å²) >= 11 is 5.74. The summed E-state index contributed by atoms with van der Waals surface area (Å²) in [6, 6.07) is 4.79. The highest BCUT2D eigenvalue weighted by Gasteiger charge is 2.16. The van der Waals surface area contributed by atoms with E-state index in [0.29, 0.717) is 5.69 Å². The van der Waals surface area contributed by atoms with E-state index < -0.39 is 5.82 Å². The second-order valence-corrected chi connectivity index (χ2v) is 5.03. The molecule has 0 fully saturated rings. The molecule has 0 unspecified atom stereocenters. The van der Waals surface area contributed by atoms with Crippen LogP contribution in [0.2, 0.25) is 5.02 Å². The van der Waals surface area contributed by atoms with Gasteiger partial charge in [0, 0.05) is 23.9 Å². The fourth-order valence-electron chi connectivity index (χ4n) is 2.39. The van der Waals surface area contributed by atoms with E-state index in [0.717, 1.165) is 30.8 Å². The standard InChI is InChI=1S/C15H19ClFN3/c1-4-14-11(9-18-3)15(5-2)20(19-14)10-6-7-12(16)13(17)8-10/h6-8,18H,4-5,9H2,1-3H3. The molecule has 1 aromatic heterocycles. The predicted molar refractivity (Wildman–Crippen MR) is 80.1 cm³/mol. The number of aryl methyl sites for hydroxylation is 1. The van der Waals surface area contributed by atoms with Crippen LogP contribution in [-0.4, -0.2) is 16.8 Å². The van der Waals surface area contributed by atoms with Crippen LogP contribution in [-0.2, 0) is 19.4 Å². The smallest absolute Gasteiger partial charge is 0.143 e. The lowest BCUT2D eigenvalue weighted by Crippen LogP contribution is -2.09. The molecule has 0 saturated heterocycles. The highest BCUT2D eigenvalue weighted by molar-refractivity contribution is 6.30. The highest BCUT2D eigenvalue weighted by atomic mass is 35.5. The molecule has 20 heavy (non-hydrogen) atoms. The first-order valence-corrected chi connectivity index (χ1v) is 7.19. The van der Waals surface area contributed by atoms with E-state index in [1.165, 1.54) is 11.6 Å². The number of nitrogens with one attached hydrogen (secondary N) is 1. The van der Waals surface area contributed by atoms with Crippen LogP contribution in [0.15, 0.2) is 18.2 Å². The molecule has 5 heteroatoms. The molecule has 3 nitrogen and oxygen atoms in total. The predicted octanol–water partition coefficient (Wildman–Crippen LogP) is 3.51. The normalized spacial score (nSPS) is 11.1. The van der Waals surface area contributed by atoms with Gasteiger partial charge in [0.05, 0.1) is 16.4 Å². The maximum absolute atomic E-state index is 13.7. The van der Waals surface area contributed by atoms with E-state index in [1.807, 2.05) is 11.7 Å². The van der Waals surface area contributed by atoms with Crippen LogP contribution < -0.4 is 5.32 Å². The Labute approximate surface area is 123 Å². The molecule has 1 aromatic carbocycles. The number of aromatic nitrogens is 2. The Bertz CT molecular complexity index is 607. The van der Waals surface area contributed by atoms with Gasteiger partial charge in [-0.15, -0.1) is 0 Å². The molecule has 0 bridgehead atoms. The quantitative estimate of drug-likeness (QED) is 0.915. The van der Waals surface area contributed by atoms with E-state index in [-0.39, 0.29) is 5.02 Å². The Morgan fingerprint density at radius 2 is 2.05 bits per heavy atom. The van der Waals surface area contributed by atoms with Crippen LogP contribution in [0.1, 0.15) is 30.8 Å². The minimum atomic E-state index is -0.421. The van der Waals surface area contributed by atoms with Gasteiger partial charge in [0.25, 0.3) is 0 Å². The minimum absolute atomic E-state index is 0.130. The van der Waals surface area contributed by atoms with Crippen molar-refractivity contribution in [3.63, 3.8) is 0 Å². The summed E-state index contributed by atoms with van der Waals surface area (Å²) in [7, 11) is 1.91. The number of hydrogen-bond acceptors (Lipinski definition) is 2. The zero-order valence-electron chi connectivity index (χ0n) is 12.0. The molecule has 0 aliphatic carbocycles. The van der Waals surface area contributed by atoms with Gasteiger partial charge in [-0.1, -0.05) is 25.4 Å². The van der Waals surface area contributed by atoms with E-state index in [1.54, 1.807) is 12.1 Å². The van der Waals surface area contributed by atoms with Crippen molar-refractivity contribution >= 4 is 11.6 Å². The van der Waals surface area contributed by atoms with Gasteiger partial charge in [0.1, 0.15) is 5.82 Å². The summed E-state index contributed by atoms with van der Waals surface area (Å²) in [5.74, 6) is -0.421. The molecule has 108 valence electrons. The first-order valence-electron chi connectivity index (χ1n) is 6.82. The first-order chi connectivity index (χ1) is 9.62. The monoisotopic (exact) mass is 295 g/mol. The SMILES string of the molecule is CCc1nn(-c2ccc(Cl)c(F)c2)c(CC)c1CNC. The van der Waals surface area contributed by atoms with Crippen LogP contribution in [0.4, 0.5) is 4.39 Å². The van der Waals surface area contributed by atoms with Crippen molar-refractivity contribution in [3.8, 4) is 5.69 Å². The fraction of sp³-hybridized carbons (Fsp3) is 0.400. The topological polar surface area (TPSA) is 29.9 Å². The molecule has 0 radical (unpaired) electrons. The second kappa shape index (κ2) is 6.37. The molecule has 0 saturated carbocycles. The van der Waals surface area contributed by atoms with Gasteiger partial charge in [0.2, 0.25) is 0 Å². The van der Waals surface area contributed by atoms with Crippen LogP contribution in [0.5, 0.6) is 0 Å². The van der Waals surface area contributed by atoms with E-state index in [9.17, 15) is 4.39 Å². The van der Waals surface area contributed by atoms with Crippen molar-refractivity contribution in [2.75, 3.05) is 7.05 Å². The summed E-state index contributed by atoms with van der Waals surface area (Å²) in [4.78, 5) is 0. The largest absolute Gasteiger partial charge is 0.316 e. The Morgan fingerprint density at radius 3 is 2.60 bits per heavy atom. The lowest BCUT2D eigenvalue weighted by Gasteiger charge is -2.08. The molecular weight excluding hydrogens is 277 g/mol. The number of nitrogens with zero attached hydrogens (tertiary/aromatic N) is 2. The number of rotatable bonds is 5. The van der Waals surface area contributed by atoms with Crippen LogP contribution >= 0.6 is 11.6 Å². The summed E-state index contributed by atoms with van der Waals surface area (Å²) in [6.07, 6.45) is 1.70. The van der Waals surface area contributed by atoms with Crippen molar-refractivity contribution in [2.45, 2.75) is 33.2 Å². The van der Waals surface area contributed by atoms with Gasteiger partial charge in [-0.2, -0.15) is 5.10 Å². The third kappa shape index (κ3) is 2.72. The van der Waals surface area contributed by atoms with Crippen LogP contribution in [0.3, 0.4) is 0 Å². The Kier molecular flexibility index (Phi) is 4.78. The third-order valence-electron chi connectivity index (χ3n) is 3.34. The summed E-state index contributed by atoms with van der Waals surface area (Å²) < 4.78 is 15.5. The number of benzene rings is 1. The van der Waals surface area contributed by atoms with Crippen LogP contribution in [0, 0.1) is 5.82 Å². The molecule has 0 atom stereocenters. The molecule has 2 aromatic rings. The van der Waals surface area contributed by atoms with Gasteiger partial charge in [-0.25, -0.2) is 9.07 Å². The summed E-state index contributed by atoms with van der Waals surface area (Å²) in [5.41, 5.74) is 4.07. The van der Waals surface area contributed by atoms with E-state index in [4.69, 9.17) is 11.6 Å². The Balaban J connectivity index is 2.57. The zero-order valence-corrected chi connectivity index (χ0v) is 12.8. The maximum Gasteiger partial charge on any atom is 0.143 e. The Hall–Kier alpha value is -1.39. The van der Waals surface area contributed by atoms with E-state index >= 15 is 0 Å². The molecule has 1 N–H and O–H groups in total. The first kappa shape index (κ1) is 15.0. The van der Waals surface area contributed by atoms with Crippen molar-refractivity contribution in [1.82, 2.24) is 15.1 Å². The molecular formula is C15H19ClFN3. The summed E-state index contributed by atoms with van der Waals surface area (Å²) in [5, 5.41) is 7.93. The highest BCUT2D eigenvalue weighted by Crippen LogP contribution is 2.23. The zero-order chi connectivity index (χ0) is 14.7. The number of halogens is 2. The fourth-order valence-corrected chi connectivity index (χ4v) is 2.51. The lowest BCUT2D eigenvalue weighted by atomic mass is 10.1. The van der Waals surface area contributed by atoms with Gasteiger partial charge in [0.15, 0.2) is 0 Å². The van der Waals surface area contributed by atoms with Gasteiger partial charge in [-0.05, 0) is 32.0 Å².